The molecule has 1 fully saturated rings. The van der Waals surface area contributed by atoms with E-state index < -0.39 is 0 Å². The highest BCUT2D eigenvalue weighted by Gasteiger charge is 2.23. The highest BCUT2D eigenvalue weighted by atomic mass is 16.5. The van der Waals surface area contributed by atoms with Crippen molar-refractivity contribution >= 4 is 0 Å². The van der Waals surface area contributed by atoms with E-state index in [0.29, 0.717) is 12.0 Å². The molecule has 0 spiro atoms. The average molecular weight is 195 g/mol. The molecule has 0 aliphatic carbocycles. The first-order valence-corrected chi connectivity index (χ1v) is 5.04. The van der Waals surface area contributed by atoms with Gasteiger partial charge in [0.2, 0.25) is 0 Å². The fraction of sp³-hybridized carbons (Fsp3) is 0.700. The molecule has 0 radical (unpaired) electrons. The van der Waals surface area contributed by atoms with E-state index in [0.717, 1.165) is 19.7 Å². The van der Waals surface area contributed by atoms with Gasteiger partial charge in [0.1, 0.15) is 0 Å². The number of rotatable bonds is 4. The summed E-state index contributed by atoms with van der Waals surface area (Å²) in [6, 6.07) is 0.373. The van der Waals surface area contributed by atoms with Crippen molar-refractivity contribution in [3.8, 4) is 0 Å². The van der Waals surface area contributed by atoms with E-state index in [-0.39, 0.29) is 0 Å². The van der Waals surface area contributed by atoms with Crippen molar-refractivity contribution in [2.75, 3.05) is 26.8 Å². The Kier molecular flexibility index (Phi) is 2.84. The van der Waals surface area contributed by atoms with Crippen molar-refractivity contribution < 1.29 is 4.74 Å². The van der Waals surface area contributed by atoms with Crippen molar-refractivity contribution in [3.05, 3.63) is 18.2 Å². The van der Waals surface area contributed by atoms with Gasteiger partial charge in [-0.3, -0.25) is 0 Å². The van der Waals surface area contributed by atoms with Gasteiger partial charge in [0.25, 0.3) is 0 Å². The number of methoxy groups -OCH3 is 1. The molecule has 1 saturated heterocycles. The smallest absolute Gasteiger partial charge is 0.0951 e. The predicted octanol–water partition coefficient (Wildman–Crippen LogP) is 0.777. The molecule has 4 nitrogen and oxygen atoms in total. The minimum absolute atomic E-state index is 0.373. The van der Waals surface area contributed by atoms with Gasteiger partial charge < -0.3 is 14.6 Å². The van der Waals surface area contributed by atoms with Crippen LogP contribution in [-0.2, 0) is 4.74 Å². The number of ether oxygens (including phenoxy) is 1. The van der Waals surface area contributed by atoms with E-state index in [2.05, 4.69) is 21.8 Å². The molecule has 78 valence electrons. The van der Waals surface area contributed by atoms with Crippen LogP contribution >= 0.6 is 0 Å². The summed E-state index contributed by atoms with van der Waals surface area (Å²) in [5, 5.41) is 3.28. The molecule has 0 amide bonds. The zero-order chi connectivity index (χ0) is 9.97. The minimum atomic E-state index is 0.373. The Balaban J connectivity index is 2.11. The molecule has 1 aliphatic rings. The number of nitrogens with zero attached hydrogens (tertiary/aromatic N) is 2. The Bertz CT molecular complexity index is 293. The first-order chi connectivity index (χ1) is 6.83. The summed E-state index contributed by atoms with van der Waals surface area (Å²) >= 11 is 0. The molecule has 2 heterocycles. The lowest BCUT2D eigenvalue weighted by molar-refractivity contribution is 0.160. The Labute approximate surface area is 84.3 Å². The van der Waals surface area contributed by atoms with Gasteiger partial charge in [-0.25, -0.2) is 4.98 Å². The molecule has 0 bridgehead atoms. The van der Waals surface area contributed by atoms with E-state index >= 15 is 0 Å². The quantitative estimate of drug-likeness (QED) is 0.771. The summed E-state index contributed by atoms with van der Waals surface area (Å²) in [6.07, 6.45) is 3.87. The average Bonchev–Trinajstić information content (AvgIpc) is 2.50. The highest BCUT2D eigenvalue weighted by molar-refractivity contribution is 5.12. The van der Waals surface area contributed by atoms with Gasteiger partial charge in [0.05, 0.1) is 19.0 Å². The number of imidazole rings is 1. The fourth-order valence-corrected chi connectivity index (χ4v) is 1.82. The van der Waals surface area contributed by atoms with Crippen LogP contribution in [0.3, 0.4) is 0 Å². The maximum absolute atomic E-state index is 5.15. The maximum atomic E-state index is 5.15. The Morgan fingerprint density at radius 2 is 2.50 bits per heavy atom. The second-order valence-electron chi connectivity index (χ2n) is 3.89. The Morgan fingerprint density at radius 3 is 3.07 bits per heavy atom. The molecule has 14 heavy (non-hydrogen) atoms. The van der Waals surface area contributed by atoms with Gasteiger partial charge in [0.15, 0.2) is 0 Å². The summed E-state index contributed by atoms with van der Waals surface area (Å²) < 4.78 is 7.37. The standard InChI is InChI=1S/C10H17N3O/c1-8(6-14-2)13-7-12-5-10(13)9-3-11-4-9/h5,7-9,11H,3-4,6H2,1-2H3. The molecule has 0 aromatic carbocycles. The van der Waals surface area contributed by atoms with Gasteiger partial charge in [-0.15, -0.1) is 0 Å². The fourth-order valence-electron chi connectivity index (χ4n) is 1.82. The Hall–Kier alpha value is -0.870. The summed E-state index contributed by atoms with van der Waals surface area (Å²) in [5.41, 5.74) is 1.33. The van der Waals surface area contributed by atoms with Crippen LogP contribution in [0, 0.1) is 0 Å². The van der Waals surface area contributed by atoms with Gasteiger partial charge >= 0.3 is 0 Å². The molecule has 1 aromatic rings. The van der Waals surface area contributed by atoms with Crippen molar-refractivity contribution in [1.29, 1.82) is 0 Å². The summed E-state index contributed by atoms with van der Waals surface area (Å²) in [7, 11) is 1.73. The molecule has 2 rings (SSSR count). The van der Waals surface area contributed by atoms with Crippen LogP contribution in [0.15, 0.2) is 12.5 Å². The van der Waals surface area contributed by atoms with Crippen LogP contribution in [0.1, 0.15) is 24.6 Å². The van der Waals surface area contributed by atoms with Crippen LogP contribution in [0.25, 0.3) is 0 Å². The second kappa shape index (κ2) is 4.11. The summed E-state index contributed by atoms with van der Waals surface area (Å²) in [6.45, 7) is 5.04. The SMILES string of the molecule is COCC(C)n1cncc1C1CNC1. The zero-order valence-corrected chi connectivity index (χ0v) is 8.73. The van der Waals surface area contributed by atoms with Crippen LogP contribution in [-0.4, -0.2) is 36.4 Å². The van der Waals surface area contributed by atoms with E-state index in [1.54, 1.807) is 7.11 Å². The molecule has 1 aliphatic heterocycles. The molecular weight excluding hydrogens is 178 g/mol. The molecule has 1 unspecified atom stereocenters. The lowest BCUT2D eigenvalue weighted by Crippen LogP contribution is -2.41. The van der Waals surface area contributed by atoms with Crippen LogP contribution in [0.4, 0.5) is 0 Å². The lowest BCUT2D eigenvalue weighted by Gasteiger charge is -2.29. The van der Waals surface area contributed by atoms with E-state index in [1.165, 1.54) is 5.69 Å². The monoisotopic (exact) mass is 195 g/mol. The Morgan fingerprint density at radius 1 is 1.71 bits per heavy atom. The lowest BCUT2D eigenvalue weighted by atomic mass is 9.99. The van der Waals surface area contributed by atoms with Crippen molar-refractivity contribution in [1.82, 2.24) is 14.9 Å². The summed E-state index contributed by atoms with van der Waals surface area (Å²) in [5.74, 6) is 0.636. The molecule has 1 aromatic heterocycles. The van der Waals surface area contributed by atoms with E-state index in [9.17, 15) is 0 Å². The first kappa shape index (κ1) is 9.68. The third-order valence-electron chi connectivity index (χ3n) is 2.78. The summed E-state index contributed by atoms with van der Waals surface area (Å²) in [4.78, 5) is 4.21. The van der Waals surface area contributed by atoms with Gasteiger partial charge in [0, 0.05) is 38.0 Å². The van der Waals surface area contributed by atoms with Crippen LogP contribution < -0.4 is 5.32 Å². The number of hydrogen-bond acceptors (Lipinski definition) is 3. The van der Waals surface area contributed by atoms with Crippen molar-refractivity contribution in [2.45, 2.75) is 18.9 Å². The van der Waals surface area contributed by atoms with E-state index in [4.69, 9.17) is 4.74 Å². The zero-order valence-electron chi connectivity index (χ0n) is 8.73. The number of aromatic nitrogens is 2. The molecule has 4 heteroatoms. The third-order valence-corrected chi connectivity index (χ3v) is 2.78. The largest absolute Gasteiger partial charge is 0.383 e. The van der Waals surface area contributed by atoms with Crippen molar-refractivity contribution in [2.24, 2.45) is 0 Å². The normalized spacial score (nSPS) is 19.3. The predicted molar refractivity (Wildman–Crippen MR) is 54.4 cm³/mol. The first-order valence-electron chi connectivity index (χ1n) is 5.04. The van der Waals surface area contributed by atoms with Crippen LogP contribution in [0.2, 0.25) is 0 Å². The molecule has 1 N–H and O–H groups in total. The minimum Gasteiger partial charge on any atom is -0.383 e. The van der Waals surface area contributed by atoms with E-state index in [1.807, 2.05) is 12.5 Å². The van der Waals surface area contributed by atoms with Gasteiger partial charge in [-0.05, 0) is 6.92 Å². The molecule has 0 saturated carbocycles. The maximum Gasteiger partial charge on any atom is 0.0951 e. The number of nitrogens with one attached hydrogen (secondary N) is 1. The third kappa shape index (κ3) is 1.67. The highest BCUT2D eigenvalue weighted by Crippen LogP contribution is 2.22. The van der Waals surface area contributed by atoms with Gasteiger partial charge in [-0.1, -0.05) is 0 Å². The molecular formula is C10H17N3O. The molecule has 1 atom stereocenters. The van der Waals surface area contributed by atoms with Gasteiger partial charge in [-0.2, -0.15) is 0 Å². The number of hydrogen-bond donors (Lipinski definition) is 1. The van der Waals surface area contributed by atoms with Crippen molar-refractivity contribution in [3.63, 3.8) is 0 Å². The second-order valence-corrected chi connectivity index (χ2v) is 3.89. The topological polar surface area (TPSA) is 39.1 Å². The van der Waals surface area contributed by atoms with Crippen LogP contribution in [0.5, 0.6) is 0 Å².